The van der Waals surface area contributed by atoms with Crippen molar-refractivity contribution in [2.24, 2.45) is 0 Å². The Morgan fingerprint density at radius 1 is 1.13 bits per heavy atom. The topological polar surface area (TPSA) is 85.3 Å². The van der Waals surface area contributed by atoms with E-state index in [0.717, 1.165) is 37.9 Å². The lowest BCUT2D eigenvalue weighted by Crippen LogP contribution is -2.19. The normalized spacial score (nSPS) is 11.5. The monoisotopic (exact) mass is 413 g/mol. The summed E-state index contributed by atoms with van der Waals surface area (Å²) in [5.74, 6) is 0. The van der Waals surface area contributed by atoms with Gasteiger partial charge in [0.05, 0.1) is 19.3 Å². The van der Waals surface area contributed by atoms with Crippen LogP contribution in [0, 0.1) is 0 Å². The lowest BCUT2D eigenvalue weighted by atomic mass is 10.1. The van der Waals surface area contributed by atoms with E-state index in [1.165, 1.54) is 5.56 Å². The highest BCUT2D eigenvalue weighted by atomic mass is 16.5. The van der Waals surface area contributed by atoms with Crippen LogP contribution < -0.4 is 10.4 Å². The van der Waals surface area contributed by atoms with E-state index in [-0.39, 0.29) is 11.7 Å². The molecule has 0 saturated carbocycles. The third-order valence-electron chi connectivity index (χ3n) is 4.88. The first-order valence-electron chi connectivity index (χ1n) is 10.4. The van der Waals surface area contributed by atoms with Crippen LogP contribution in [0.5, 0.6) is 6.01 Å². The SMILES string of the molecule is CCCN(C)Cc1ccc(Cn2c(=O)[nH]c3cnc(OCCCCOC)nc32)cc1. The number of methoxy groups -OCH3 is 1. The Labute approximate surface area is 176 Å². The van der Waals surface area contributed by atoms with Gasteiger partial charge in [0.2, 0.25) is 0 Å². The van der Waals surface area contributed by atoms with Gasteiger partial charge < -0.3 is 19.4 Å². The van der Waals surface area contributed by atoms with Gasteiger partial charge in [0, 0.05) is 20.3 Å². The molecule has 0 bridgehead atoms. The van der Waals surface area contributed by atoms with E-state index in [2.05, 4.69) is 58.1 Å². The van der Waals surface area contributed by atoms with Gasteiger partial charge in [-0.25, -0.2) is 9.78 Å². The van der Waals surface area contributed by atoms with Gasteiger partial charge in [0.15, 0.2) is 5.65 Å². The molecule has 0 amide bonds. The average Bonchev–Trinajstić information content (AvgIpc) is 3.04. The first-order chi connectivity index (χ1) is 14.6. The summed E-state index contributed by atoms with van der Waals surface area (Å²) >= 11 is 0. The molecule has 2 aromatic heterocycles. The molecule has 0 aliphatic heterocycles. The molecule has 0 radical (unpaired) electrons. The number of ether oxygens (including phenoxy) is 2. The fourth-order valence-electron chi connectivity index (χ4n) is 3.36. The number of hydrogen-bond donors (Lipinski definition) is 1. The number of imidazole rings is 1. The minimum absolute atomic E-state index is 0.205. The van der Waals surface area contributed by atoms with Gasteiger partial charge in [0.25, 0.3) is 0 Å². The molecular weight excluding hydrogens is 382 g/mol. The van der Waals surface area contributed by atoms with E-state index in [0.29, 0.717) is 30.9 Å². The van der Waals surface area contributed by atoms with Crippen molar-refractivity contribution in [2.45, 2.75) is 39.3 Å². The van der Waals surface area contributed by atoms with Crippen LogP contribution >= 0.6 is 0 Å². The number of aromatic nitrogens is 4. The molecule has 2 heterocycles. The van der Waals surface area contributed by atoms with E-state index >= 15 is 0 Å². The van der Waals surface area contributed by atoms with E-state index < -0.39 is 0 Å². The van der Waals surface area contributed by atoms with Crippen molar-refractivity contribution >= 4 is 11.2 Å². The fraction of sp³-hybridized carbons (Fsp3) is 0.500. The zero-order chi connectivity index (χ0) is 21.3. The molecule has 3 aromatic rings. The molecule has 8 nitrogen and oxygen atoms in total. The van der Waals surface area contributed by atoms with Crippen LogP contribution in [0.25, 0.3) is 11.2 Å². The number of benzene rings is 1. The van der Waals surface area contributed by atoms with Gasteiger partial charge in [-0.05, 0) is 44.0 Å². The minimum atomic E-state index is -0.205. The maximum Gasteiger partial charge on any atom is 0.328 e. The first kappa shape index (κ1) is 22.0. The highest BCUT2D eigenvalue weighted by Crippen LogP contribution is 2.14. The van der Waals surface area contributed by atoms with Crippen LogP contribution in [-0.4, -0.2) is 58.3 Å². The Morgan fingerprint density at radius 2 is 1.87 bits per heavy atom. The van der Waals surface area contributed by atoms with Crippen LogP contribution in [0.2, 0.25) is 0 Å². The largest absolute Gasteiger partial charge is 0.463 e. The van der Waals surface area contributed by atoms with Crippen LogP contribution in [0.15, 0.2) is 35.3 Å². The molecule has 1 aromatic carbocycles. The number of unbranched alkanes of at least 4 members (excludes halogenated alkanes) is 1. The summed E-state index contributed by atoms with van der Waals surface area (Å²) in [5, 5.41) is 0. The van der Waals surface area contributed by atoms with Crippen molar-refractivity contribution in [3.05, 3.63) is 52.1 Å². The summed E-state index contributed by atoms with van der Waals surface area (Å²) in [6.07, 6.45) is 4.50. The maximum absolute atomic E-state index is 12.4. The van der Waals surface area contributed by atoms with E-state index in [1.54, 1.807) is 17.9 Å². The number of fused-ring (bicyclic) bond motifs is 1. The predicted octanol–water partition coefficient (Wildman–Crippen LogP) is 2.82. The van der Waals surface area contributed by atoms with Gasteiger partial charge in [0.1, 0.15) is 5.52 Å². The number of H-pyrrole nitrogens is 1. The van der Waals surface area contributed by atoms with Crippen molar-refractivity contribution in [1.82, 2.24) is 24.4 Å². The average molecular weight is 414 g/mol. The summed E-state index contributed by atoms with van der Waals surface area (Å²) < 4.78 is 12.3. The number of nitrogens with one attached hydrogen (secondary N) is 1. The summed E-state index contributed by atoms with van der Waals surface area (Å²) in [7, 11) is 3.81. The highest BCUT2D eigenvalue weighted by molar-refractivity contribution is 5.69. The number of hydrogen-bond acceptors (Lipinski definition) is 6. The zero-order valence-electron chi connectivity index (χ0n) is 18.1. The Kier molecular flexibility index (Phi) is 7.98. The Hall–Kier alpha value is -2.71. The molecule has 8 heteroatoms. The summed E-state index contributed by atoms with van der Waals surface area (Å²) in [6, 6.07) is 8.64. The van der Waals surface area contributed by atoms with Crippen molar-refractivity contribution in [1.29, 1.82) is 0 Å². The second-order valence-corrected chi connectivity index (χ2v) is 7.51. The minimum Gasteiger partial charge on any atom is -0.463 e. The molecule has 0 spiro atoms. The van der Waals surface area contributed by atoms with Gasteiger partial charge in [-0.15, -0.1) is 0 Å². The van der Waals surface area contributed by atoms with Crippen molar-refractivity contribution in [3.8, 4) is 6.01 Å². The molecule has 0 saturated heterocycles. The van der Waals surface area contributed by atoms with E-state index in [9.17, 15) is 4.79 Å². The summed E-state index contributed by atoms with van der Waals surface area (Å²) in [4.78, 5) is 26.2. The second kappa shape index (κ2) is 10.9. The predicted molar refractivity (Wildman–Crippen MR) is 117 cm³/mol. The summed E-state index contributed by atoms with van der Waals surface area (Å²) in [6.45, 7) is 5.82. The van der Waals surface area contributed by atoms with Crippen molar-refractivity contribution < 1.29 is 9.47 Å². The van der Waals surface area contributed by atoms with Crippen molar-refractivity contribution in [2.75, 3.05) is 33.9 Å². The van der Waals surface area contributed by atoms with Gasteiger partial charge in [-0.1, -0.05) is 31.2 Å². The van der Waals surface area contributed by atoms with Crippen LogP contribution in [-0.2, 0) is 17.8 Å². The molecule has 162 valence electrons. The highest BCUT2D eigenvalue weighted by Gasteiger charge is 2.11. The Bertz CT molecular complexity index is 981. The number of rotatable bonds is 12. The molecule has 0 atom stereocenters. The van der Waals surface area contributed by atoms with Gasteiger partial charge in [-0.2, -0.15) is 4.98 Å². The molecule has 0 aliphatic carbocycles. The molecule has 0 fully saturated rings. The molecule has 0 aliphatic rings. The molecule has 1 N–H and O–H groups in total. The maximum atomic E-state index is 12.4. The van der Waals surface area contributed by atoms with Gasteiger partial charge >= 0.3 is 11.7 Å². The third kappa shape index (κ3) is 5.90. The molecular formula is C22H31N5O3. The second-order valence-electron chi connectivity index (χ2n) is 7.51. The van der Waals surface area contributed by atoms with Crippen LogP contribution in [0.3, 0.4) is 0 Å². The third-order valence-corrected chi connectivity index (χ3v) is 4.88. The Morgan fingerprint density at radius 3 is 2.60 bits per heavy atom. The van der Waals surface area contributed by atoms with E-state index in [1.807, 2.05) is 0 Å². The van der Waals surface area contributed by atoms with Crippen LogP contribution in [0.4, 0.5) is 0 Å². The lowest BCUT2D eigenvalue weighted by Gasteiger charge is -2.15. The Balaban J connectivity index is 1.69. The lowest BCUT2D eigenvalue weighted by molar-refractivity contribution is 0.182. The number of nitrogens with zero attached hydrogens (tertiary/aromatic N) is 4. The molecule has 30 heavy (non-hydrogen) atoms. The molecule has 0 unspecified atom stereocenters. The number of aromatic amines is 1. The van der Waals surface area contributed by atoms with E-state index in [4.69, 9.17) is 9.47 Å². The quantitative estimate of drug-likeness (QED) is 0.460. The first-order valence-corrected chi connectivity index (χ1v) is 10.4. The standard InChI is InChI=1S/C22H31N5O3/c1-4-11-26(2)15-17-7-9-18(10-8-17)16-27-20-19(24-22(27)28)14-23-21(25-20)30-13-6-5-12-29-3/h7-10,14H,4-6,11-13,15-16H2,1-3H3,(H,24,28). The van der Waals surface area contributed by atoms with Crippen molar-refractivity contribution in [3.63, 3.8) is 0 Å². The van der Waals surface area contributed by atoms with Crippen LogP contribution in [0.1, 0.15) is 37.3 Å². The molecule has 3 rings (SSSR count). The fourth-order valence-corrected chi connectivity index (χ4v) is 3.36. The summed E-state index contributed by atoms with van der Waals surface area (Å²) in [5.41, 5.74) is 3.24. The zero-order valence-corrected chi connectivity index (χ0v) is 18.1. The van der Waals surface area contributed by atoms with Gasteiger partial charge in [-0.3, -0.25) is 4.57 Å². The smallest absolute Gasteiger partial charge is 0.328 e.